The molecule has 0 atom stereocenters. The van der Waals surface area contributed by atoms with Crippen molar-refractivity contribution >= 4 is 54.4 Å². The summed E-state index contributed by atoms with van der Waals surface area (Å²) in [5, 5.41) is 0.529. The molecule has 2 aromatic carbocycles. The van der Waals surface area contributed by atoms with Gasteiger partial charge in [0.2, 0.25) is 10.0 Å². The van der Waals surface area contributed by atoms with Crippen molar-refractivity contribution in [1.82, 2.24) is 9.29 Å². The van der Waals surface area contributed by atoms with Crippen LogP contribution in [0.4, 0.5) is 5.13 Å². The lowest BCUT2D eigenvalue weighted by Gasteiger charge is -2.22. The second-order valence-corrected chi connectivity index (χ2v) is 12.0. The molecule has 0 aliphatic heterocycles. The number of amides is 1. The molecule has 9 nitrogen and oxygen atoms in total. The first-order chi connectivity index (χ1) is 18.4. The minimum Gasteiger partial charge on any atom is -0.467 e. The molecule has 202 valence electrons. The number of anilines is 1. The van der Waals surface area contributed by atoms with E-state index in [2.05, 4.69) is 6.07 Å². The molecule has 0 spiro atoms. The first-order valence-electron chi connectivity index (χ1n) is 11.7. The highest BCUT2D eigenvalue weighted by atomic mass is 32.2. The minimum atomic E-state index is -3.80. The van der Waals surface area contributed by atoms with Gasteiger partial charge in [-0.05, 0) is 60.9 Å². The number of thiazole rings is 1. The molecular formula is C26H29N3O6S3. The lowest BCUT2D eigenvalue weighted by Crippen LogP contribution is -2.36. The Kier molecular flexibility index (Phi) is 9.58. The van der Waals surface area contributed by atoms with Crippen LogP contribution >= 0.6 is 23.1 Å². The van der Waals surface area contributed by atoms with Gasteiger partial charge in [-0.25, -0.2) is 13.4 Å². The maximum absolute atomic E-state index is 13.7. The van der Waals surface area contributed by atoms with Crippen LogP contribution in [0.5, 0.6) is 0 Å². The summed E-state index contributed by atoms with van der Waals surface area (Å²) < 4.78 is 44.4. The van der Waals surface area contributed by atoms with Crippen molar-refractivity contribution in [2.75, 3.05) is 51.7 Å². The molecule has 12 heteroatoms. The van der Waals surface area contributed by atoms with Crippen LogP contribution in [0.15, 0.2) is 75.1 Å². The summed E-state index contributed by atoms with van der Waals surface area (Å²) >= 11 is 3.06. The molecule has 0 unspecified atom stereocenters. The van der Waals surface area contributed by atoms with E-state index < -0.39 is 10.0 Å². The Morgan fingerprint density at radius 3 is 2.37 bits per heavy atom. The Hall–Kier alpha value is -2.74. The second-order valence-electron chi connectivity index (χ2n) is 8.21. The predicted molar refractivity (Wildman–Crippen MR) is 150 cm³/mol. The van der Waals surface area contributed by atoms with Gasteiger partial charge in [-0.15, -0.1) is 11.8 Å². The number of hydrogen-bond acceptors (Lipinski definition) is 9. The first-order valence-corrected chi connectivity index (χ1v) is 15.2. The number of rotatable bonds is 13. The zero-order valence-electron chi connectivity index (χ0n) is 21.3. The van der Waals surface area contributed by atoms with Gasteiger partial charge < -0.3 is 13.9 Å². The van der Waals surface area contributed by atoms with Crippen molar-refractivity contribution in [2.24, 2.45) is 0 Å². The average Bonchev–Trinajstić information content (AvgIpc) is 3.60. The molecular weight excluding hydrogens is 547 g/mol. The molecule has 2 heterocycles. The lowest BCUT2D eigenvalue weighted by molar-refractivity contribution is 0.0983. The standard InChI is InChI=1S/C26H29N3O6S3/c1-33-15-12-28(13-16-34-2)38(31,32)22-9-6-19(7-10-22)25(30)29(18-20-5-4-14-35-20)26-27-23-11-8-21(36-3)17-24(23)37-26/h4-11,14,17H,12-13,15-16,18H2,1-3H3. The van der Waals surface area contributed by atoms with Crippen LogP contribution in [0.1, 0.15) is 16.1 Å². The maximum atomic E-state index is 13.7. The summed E-state index contributed by atoms with van der Waals surface area (Å²) in [4.78, 5) is 21.1. The molecule has 38 heavy (non-hydrogen) atoms. The van der Waals surface area contributed by atoms with E-state index in [0.29, 0.717) is 16.5 Å². The van der Waals surface area contributed by atoms with Crippen molar-refractivity contribution in [1.29, 1.82) is 0 Å². The number of hydrogen-bond donors (Lipinski definition) is 0. The van der Waals surface area contributed by atoms with E-state index in [9.17, 15) is 13.2 Å². The van der Waals surface area contributed by atoms with E-state index in [-0.39, 0.29) is 43.7 Å². The Bertz CT molecular complexity index is 1450. The molecule has 0 aliphatic carbocycles. The van der Waals surface area contributed by atoms with Crippen LogP contribution in [0, 0.1) is 0 Å². The molecule has 0 fully saturated rings. The SMILES string of the molecule is COCCN(CCOC)S(=O)(=O)c1ccc(C(=O)N(Cc2ccco2)c2nc3ccc(SC)cc3s2)cc1. The third kappa shape index (κ3) is 6.45. The highest BCUT2D eigenvalue weighted by molar-refractivity contribution is 7.98. The fraction of sp³-hybridized carbons (Fsp3) is 0.308. The molecule has 0 bridgehead atoms. The molecule has 1 amide bonds. The van der Waals surface area contributed by atoms with E-state index in [4.69, 9.17) is 18.9 Å². The fourth-order valence-corrected chi connectivity index (χ4v) is 6.66. The van der Waals surface area contributed by atoms with Gasteiger partial charge >= 0.3 is 0 Å². The number of nitrogens with zero attached hydrogens (tertiary/aromatic N) is 3. The number of carbonyl (C=O) groups is 1. The van der Waals surface area contributed by atoms with Crippen LogP contribution in [-0.2, 0) is 26.0 Å². The second kappa shape index (κ2) is 12.9. The third-order valence-corrected chi connectivity index (χ3v) is 9.46. The van der Waals surface area contributed by atoms with E-state index in [0.717, 1.165) is 15.1 Å². The Labute approximate surface area is 230 Å². The van der Waals surface area contributed by atoms with Gasteiger partial charge in [0.05, 0.1) is 41.1 Å². The molecule has 4 aromatic rings. The van der Waals surface area contributed by atoms with Gasteiger partial charge in [0.1, 0.15) is 5.76 Å². The normalized spacial score (nSPS) is 11.9. The Morgan fingerprint density at radius 2 is 1.76 bits per heavy atom. The number of aromatic nitrogens is 1. The number of furan rings is 1. The number of fused-ring (bicyclic) bond motifs is 1. The van der Waals surface area contributed by atoms with Crippen molar-refractivity contribution in [3.8, 4) is 0 Å². The summed E-state index contributed by atoms with van der Waals surface area (Å²) in [6.07, 6.45) is 3.56. The first kappa shape index (κ1) is 28.3. The summed E-state index contributed by atoms with van der Waals surface area (Å²) in [7, 11) is -0.770. The van der Waals surface area contributed by atoms with E-state index in [1.165, 1.54) is 54.1 Å². The topological polar surface area (TPSA) is 102 Å². The summed E-state index contributed by atoms with van der Waals surface area (Å²) in [6, 6.07) is 15.5. The molecule has 0 saturated carbocycles. The van der Waals surface area contributed by atoms with Crippen molar-refractivity contribution in [3.05, 3.63) is 72.2 Å². The van der Waals surface area contributed by atoms with Crippen LogP contribution in [0.2, 0.25) is 0 Å². The zero-order valence-corrected chi connectivity index (χ0v) is 23.8. The van der Waals surface area contributed by atoms with Gasteiger partial charge in [0, 0.05) is 37.8 Å². The lowest BCUT2D eigenvalue weighted by atomic mass is 10.2. The van der Waals surface area contributed by atoms with Crippen LogP contribution in [-0.4, -0.2) is 70.4 Å². The average molecular weight is 576 g/mol. The summed E-state index contributed by atoms with van der Waals surface area (Å²) in [5.74, 6) is 0.290. The maximum Gasteiger partial charge on any atom is 0.260 e. The minimum absolute atomic E-state index is 0.0865. The Morgan fingerprint density at radius 1 is 1.05 bits per heavy atom. The molecule has 2 aromatic heterocycles. The van der Waals surface area contributed by atoms with Crippen molar-refractivity contribution < 1.29 is 27.1 Å². The molecule has 0 N–H and O–H groups in total. The smallest absolute Gasteiger partial charge is 0.260 e. The molecule has 0 radical (unpaired) electrons. The van der Waals surface area contributed by atoms with Crippen molar-refractivity contribution in [2.45, 2.75) is 16.3 Å². The van der Waals surface area contributed by atoms with E-state index >= 15 is 0 Å². The van der Waals surface area contributed by atoms with Crippen LogP contribution in [0.3, 0.4) is 0 Å². The Balaban J connectivity index is 1.63. The number of carbonyl (C=O) groups excluding carboxylic acids is 1. The quantitative estimate of drug-likeness (QED) is 0.211. The number of ether oxygens (including phenoxy) is 2. The number of methoxy groups -OCH3 is 2. The monoisotopic (exact) mass is 575 g/mol. The number of sulfonamides is 1. The van der Waals surface area contributed by atoms with Gasteiger partial charge in [0.25, 0.3) is 5.91 Å². The van der Waals surface area contributed by atoms with Gasteiger partial charge in [-0.2, -0.15) is 4.31 Å². The zero-order chi connectivity index (χ0) is 27.1. The van der Waals surface area contributed by atoms with E-state index in [1.54, 1.807) is 35.1 Å². The molecule has 4 rings (SSSR count). The summed E-state index contributed by atoms with van der Waals surface area (Å²) in [5.41, 5.74) is 1.13. The molecule has 0 saturated heterocycles. The van der Waals surface area contributed by atoms with Crippen LogP contribution in [0.25, 0.3) is 10.2 Å². The molecule has 0 aliphatic rings. The van der Waals surface area contributed by atoms with E-state index in [1.807, 2.05) is 18.4 Å². The summed E-state index contributed by atoms with van der Waals surface area (Å²) in [6.45, 7) is 1.07. The van der Waals surface area contributed by atoms with Crippen molar-refractivity contribution in [3.63, 3.8) is 0 Å². The highest BCUT2D eigenvalue weighted by Gasteiger charge is 2.26. The predicted octanol–water partition coefficient (Wildman–Crippen LogP) is 4.74. The number of thioether (sulfide) groups is 1. The largest absolute Gasteiger partial charge is 0.467 e. The van der Waals surface area contributed by atoms with Crippen LogP contribution < -0.4 is 4.90 Å². The van der Waals surface area contributed by atoms with Gasteiger partial charge in [-0.3, -0.25) is 9.69 Å². The third-order valence-electron chi connectivity index (χ3n) is 5.78. The fourth-order valence-electron chi connectivity index (χ4n) is 3.73. The highest BCUT2D eigenvalue weighted by Crippen LogP contribution is 2.33. The van der Waals surface area contributed by atoms with Gasteiger partial charge in [-0.1, -0.05) is 11.3 Å². The van der Waals surface area contributed by atoms with Gasteiger partial charge in [0.15, 0.2) is 5.13 Å². The number of benzene rings is 2.